The highest BCUT2D eigenvalue weighted by atomic mass is 16.5. The Kier molecular flexibility index (Phi) is 2.37. The number of anilines is 1. The standard InChI is InChI=1S/C10H9N3O2/c11-7-1-3-8(4-2-7)15-9-5-12-10(14)13-6-9/h1-6H,11H2,(H,12,13,14). The number of rotatable bonds is 2. The van der Waals surface area contributed by atoms with Gasteiger partial charge < -0.3 is 15.5 Å². The number of H-pyrrole nitrogens is 1. The molecule has 0 spiro atoms. The van der Waals surface area contributed by atoms with Crippen LogP contribution >= 0.6 is 0 Å². The maximum atomic E-state index is 10.7. The number of hydrogen-bond donors (Lipinski definition) is 2. The molecule has 15 heavy (non-hydrogen) atoms. The molecule has 0 atom stereocenters. The first kappa shape index (κ1) is 9.26. The van der Waals surface area contributed by atoms with Crippen LogP contribution in [0.25, 0.3) is 0 Å². The van der Waals surface area contributed by atoms with Gasteiger partial charge in [-0.3, -0.25) is 0 Å². The zero-order valence-corrected chi connectivity index (χ0v) is 7.81. The molecule has 0 aliphatic carbocycles. The Morgan fingerprint density at radius 1 is 1.20 bits per heavy atom. The second-order valence-electron chi connectivity index (χ2n) is 2.93. The van der Waals surface area contributed by atoms with Gasteiger partial charge in [0.15, 0.2) is 5.75 Å². The molecule has 0 saturated heterocycles. The summed E-state index contributed by atoms with van der Waals surface area (Å²) in [6.07, 6.45) is 2.81. The van der Waals surface area contributed by atoms with E-state index in [9.17, 15) is 4.79 Å². The number of ether oxygens (including phenoxy) is 1. The zero-order valence-electron chi connectivity index (χ0n) is 7.81. The summed E-state index contributed by atoms with van der Waals surface area (Å²) < 4.78 is 5.40. The molecule has 0 saturated carbocycles. The van der Waals surface area contributed by atoms with Crippen molar-refractivity contribution in [2.75, 3.05) is 5.73 Å². The monoisotopic (exact) mass is 203 g/mol. The average molecular weight is 203 g/mol. The molecule has 0 fully saturated rings. The summed E-state index contributed by atoms with van der Waals surface area (Å²) in [4.78, 5) is 16.6. The van der Waals surface area contributed by atoms with Crippen molar-refractivity contribution in [3.05, 3.63) is 47.1 Å². The summed E-state index contributed by atoms with van der Waals surface area (Å²) in [6.45, 7) is 0. The van der Waals surface area contributed by atoms with E-state index in [0.29, 0.717) is 17.2 Å². The van der Waals surface area contributed by atoms with Crippen LogP contribution < -0.4 is 16.2 Å². The van der Waals surface area contributed by atoms with E-state index >= 15 is 0 Å². The van der Waals surface area contributed by atoms with E-state index in [1.165, 1.54) is 12.4 Å². The molecule has 0 aliphatic rings. The summed E-state index contributed by atoms with van der Waals surface area (Å²) in [5.41, 5.74) is 5.79. The normalized spacial score (nSPS) is 9.87. The summed E-state index contributed by atoms with van der Waals surface area (Å²) >= 11 is 0. The average Bonchev–Trinajstić information content (AvgIpc) is 2.25. The number of hydrogen-bond acceptors (Lipinski definition) is 4. The smallest absolute Gasteiger partial charge is 0.345 e. The summed E-state index contributed by atoms with van der Waals surface area (Å²) in [6, 6.07) is 6.93. The second-order valence-corrected chi connectivity index (χ2v) is 2.93. The van der Waals surface area contributed by atoms with Crippen LogP contribution in [0.1, 0.15) is 0 Å². The molecule has 3 N–H and O–H groups in total. The molecule has 0 amide bonds. The molecule has 0 bridgehead atoms. The fourth-order valence-corrected chi connectivity index (χ4v) is 1.06. The fraction of sp³-hybridized carbons (Fsp3) is 0. The first-order valence-electron chi connectivity index (χ1n) is 4.32. The number of aromatic amines is 1. The van der Waals surface area contributed by atoms with Crippen molar-refractivity contribution < 1.29 is 4.74 Å². The van der Waals surface area contributed by atoms with Crippen molar-refractivity contribution in [1.29, 1.82) is 0 Å². The molecular formula is C10H9N3O2. The lowest BCUT2D eigenvalue weighted by Crippen LogP contribution is -2.07. The quantitative estimate of drug-likeness (QED) is 0.717. The van der Waals surface area contributed by atoms with Gasteiger partial charge in [0.05, 0.1) is 12.4 Å². The highest BCUT2D eigenvalue weighted by molar-refractivity contribution is 5.42. The summed E-state index contributed by atoms with van der Waals surface area (Å²) in [5.74, 6) is 1.11. The first-order chi connectivity index (χ1) is 7.24. The molecule has 0 unspecified atom stereocenters. The van der Waals surface area contributed by atoms with Gasteiger partial charge in [-0.1, -0.05) is 0 Å². The van der Waals surface area contributed by atoms with E-state index < -0.39 is 5.69 Å². The lowest BCUT2D eigenvalue weighted by molar-refractivity contribution is 0.476. The van der Waals surface area contributed by atoms with E-state index in [-0.39, 0.29) is 0 Å². The highest BCUT2D eigenvalue weighted by Crippen LogP contribution is 2.19. The molecule has 1 heterocycles. The lowest BCUT2D eigenvalue weighted by Gasteiger charge is -2.03. The van der Waals surface area contributed by atoms with Gasteiger partial charge in [0.1, 0.15) is 5.75 Å². The number of nitrogens with one attached hydrogen (secondary N) is 1. The van der Waals surface area contributed by atoms with Gasteiger partial charge in [-0.2, -0.15) is 4.98 Å². The van der Waals surface area contributed by atoms with Crippen molar-refractivity contribution in [3.8, 4) is 11.5 Å². The van der Waals surface area contributed by atoms with E-state index in [4.69, 9.17) is 10.5 Å². The maximum Gasteiger partial charge on any atom is 0.345 e. The Bertz CT molecular complexity index is 484. The fourth-order valence-electron chi connectivity index (χ4n) is 1.06. The van der Waals surface area contributed by atoms with Gasteiger partial charge in [0.25, 0.3) is 0 Å². The van der Waals surface area contributed by atoms with Gasteiger partial charge in [-0.15, -0.1) is 0 Å². The van der Waals surface area contributed by atoms with Crippen LogP contribution in [0.3, 0.4) is 0 Å². The Hall–Kier alpha value is -2.30. The van der Waals surface area contributed by atoms with Crippen LogP contribution in [-0.4, -0.2) is 9.97 Å². The zero-order chi connectivity index (χ0) is 10.7. The predicted octanol–water partition coefficient (Wildman–Crippen LogP) is 1.14. The van der Waals surface area contributed by atoms with E-state index in [1.54, 1.807) is 24.3 Å². The van der Waals surface area contributed by atoms with E-state index in [0.717, 1.165) is 0 Å². The van der Waals surface area contributed by atoms with E-state index in [2.05, 4.69) is 9.97 Å². The summed E-state index contributed by atoms with van der Waals surface area (Å²) in [5, 5.41) is 0. The predicted molar refractivity (Wildman–Crippen MR) is 55.8 cm³/mol. The third-order valence-corrected chi connectivity index (χ3v) is 1.76. The van der Waals surface area contributed by atoms with Crippen molar-refractivity contribution >= 4 is 5.69 Å². The molecule has 1 aromatic carbocycles. The number of aromatic nitrogens is 2. The molecule has 76 valence electrons. The molecule has 0 radical (unpaired) electrons. The minimum atomic E-state index is -0.403. The van der Waals surface area contributed by atoms with E-state index in [1.807, 2.05) is 0 Å². The van der Waals surface area contributed by atoms with Crippen LogP contribution in [-0.2, 0) is 0 Å². The SMILES string of the molecule is Nc1ccc(Oc2cnc(=O)[nH]c2)cc1. The lowest BCUT2D eigenvalue weighted by atomic mass is 10.3. The topological polar surface area (TPSA) is 81.0 Å². The molecule has 0 aliphatic heterocycles. The maximum absolute atomic E-state index is 10.7. The first-order valence-corrected chi connectivity index (χ1v) is 4.32. The minimum Gasteiger partial charge on any atom is -0.454 e. The molecule has 5 heteroatoms. The van der Waals surface area contributed by atoms with Crippen LogP contribution in [0.15, 0.2) is 41.5 Å². The number of nitrogens with two attached hydrogens (primary N) is 1. The number of nitrogens with zero attached hydrogens (tertiary/aromatic N) is 1. The molecule has 1 aromatic heterocycles. The minimum absolute atomic E-state index is 0.403. The van der Waals surface area contributed by atoms with Crippen molar-refractivity contribution in [3.63, 3.8) is 0 Å². The Morgan fingerprint density at radius 2 is 1.93 bits per heavy atom. The highest BCUT2D eigenvalue weighted by Gasteiger charge is 1.96. The third-order valence-electron chi connectivity index (χ3n) is 1.76. The van der Waals surface area contributed by atoms with Crippen LogP contribution in [0.5, 0.6) is 11.5 Å². The Morgan fingerprint density at radius 3 is 2.53 bits per heavy atom. The van der Waals surface area contributed by atoms with Gasteiger partial charge in [0, 0.05) is 5.69 Å². The van der Waals surface area contributed by atoms with Crippen LogP contribution in [0.4, 0.5) is 5.69 Å². The number of benzene rings is 1. The second kappa shape index (κ2) is 3.83. The van der Waals surface area contributed by atoms with Gasteiger partial charge in [-0.05, 0) is 24.3 Å². The molecule has 2 rings (SSSR count). The largest absolute Gasteiger partial charge is 0.454 e. The van der Waals surface area contributed by atoms with Gasteiger partial charge in [0.2, 0.25) is 0 Å². The molecular weight excluding hydrogens is 194 g/mol. The van der Waals surface area contributed by atoms with Gasteiger partial charge >= 0.3 is 5.69 Å². The van der Waals surface area contributed by atoms with Crippen molar-refractivity contribution in [2.45, 2.75) is 0 Å². The Balaban J connectivity index is 2.18. The molecule has 2 aromatic rings. The molecule has 5 nitrogen and oxygen atoms in total. The van der Waals surface area contributed by atoms with Crippen molar-refractivity contribution in [1.82, 2.24) is 9.97 Å². The van der Waals surface area contributed by atoms with Crippen LogP contribution in [0, 0.1) is 0 Å². The van der Waals surface area contributed by atoms with Gasteiger partial charge in [-0.25, -0.2) is 4.79 Å². The van der Waals surface area contributed by atoms with Crippen molar-refractivity contribution in [2.24, 2.45) is 0 Å². The Labute approximate surface area is 85.5 Å². The summed E-state index contributed by atoms with van der Waals surface area (Å²) in [7, 11) is 0. The van der Waals surface area contributed by atoms with Crippen LogP contribution in [0.2, 0.25) is 0 Å². The third kappa shape index (κ3) is 2.34. The number of nitrogen functional groups attached to an aromatic ring is 1.